The zero-order valence-corrected chi connectivity index (χ0v) is 11.6. The highest BCUT2D eigenvalue weighted by Crippen LogP contribution is 2.34. The number of ether oxygens (including phenoxy) is 1. The third-order valence-corrected chi connectivity index (χ3v) is 3.34. The largest absolute Gasteiger partial charge is 0.418 e. The molecule has 0 radical (unpaired) electrons. The molecule has 20 heavy (non-hydrogen) atoms. The number of halogens is 3. The molecule has 1 N–H and O–H groups in total. The fourth-order valence-electron chi connectivity index (χ4n) is 2.24. The Bertz CT molecular complexity index is 454. The molecule has 6 heteroatoms. The minimum Gasteiger partial charge on any atom is -0.380 e. The molecule has 1 fully saturated rings. The van der Waals surface area contributed by atoms with E-state index < -0.39 is 11.7 Å². The van der Waals surface area contributed by atoms with Crippen LogP contribution in [0.1, 0.15) is 43.1 Å². The quantitative estimate of drug-likeness (QED) is 0.924. The van der Waals surface area contributed by atoms with Crippen LogP contribution in [0.4, 0.5) is 13.2 Å². The number of nitrogens with one attached hydrogen (secondary N) is 1. The van der Waals surface area contributed by atoms with Crippen molar-refractivity contribution in [3.8, 4) is 0 Å². The van der Waals surface area contributed by atoms with Crippen molar-refractivity contribution in [2.24, 2.45) is 0 Å². The second-order valence-corrected chi connectivity index (χ2v) is 5.33. The maximum absolute atomic E-state index is 12.9. The molecule has 2 heterocycles. The molecule has 0 amide bonds. The van der Waals surface area contributed by atoms with Gasteiger partial charge in [-0.1, -0.05) is 13.8 Å². The summed E-state index contributed by atoms with van der Waals surface area (Å²) in [6, 6.07) is 2.84. The molecule has 1 atom stereocenters. The third kappa shape index (κ3) is 3.70. The SMILES string of the molecule is CC(C)c1nc(CN[C@H]2CCOC2)ccc1C(F)(F)F. The van der Waals surface area contributed by atoms with E-state index in [1.54, 1.807) is 13.8 Å². The summed E-state index contributed by atoms with van der Waals surface area (Å²) in [6.45, 7) is 5.29. The molecule has 0 saturated carbocycles. The van der Waals surface area contributed by atoms with E-state index in [4.69, 9.17) is 4.74 Å². The summed E-state index contributed by atoms with van der Waals surface area (Å²) >= 11 is 0. The van der Waals surface area contributed by atoms with Gasteiger partial charge in [0.05, 0.1) is 23.6 Å². The van der Waals surface area contributed by atoms with E-state index >= 15 is 0 Å². The van der Waals surface area contributed by atoms with Crippen LogP contribution in [0.25, 0.3) is 0 Å². The number of aromatic nitrogens is 1. The van der Waals surface area contributed by atoms with Gasteiger partial charge < -0.3 is 10.1 Å². The maximum Gasteiger partial charge on any atom is 0.418 e. The Morgan fingerprint density at radius 1 is 1.40 bits per heavy atom. The summed E-state index contributed by atoms with van der Waals surface area (Å²) in [7, 11) is 0. The summed E-state index contributed by atoms with van der Waals surface area (Å²) in [5.74, 6) is -0.263. The highest BCUT2D eigenvalue weighted by atomic mass is 19.4. The number of rotatable bonds is 4. The van der Waals surface area contributed by atoms with Crippen LogP contribution in [0.15, 0.2) is 12.1 Å². The molecule has 1 aliphatic rings. The number of hydrogen-bond acceptors (Lipinski definition) is 3. The molecule has 2 rings (SSSR count). The van der Waals surface area contributed by atoms with E-state index in [0.717, 1.165) is 19.1 Å². The Hall–Kier alpha value is -1.14. The first kappa shape index (κ1) is 15.3. The Kier molecular flexibility index (Phi) is 4.65. The zero-order valence-electron chi connectivity index (χ0n) is 11.6. The molecule has 0 aromatic carbocycles. The molecule has 0 spiro atoms. The van der Waals surface area contributed by atoms with Crippen LogP contribution in [-0.2, 0) is 17.5 Å². The standard InChI is InChI=1S/C14H19F3N2O/c1-9(2)13-12(14(15,16)17)4-3-10(19-13)7-18-11-5-6-20-8-11/h3-4,9,11,18H,5-8H2,1-2H3/t11-/m0/s1. The summed E-state index contributed by atoms with van der Waals surface area (Å²) in [5, 5.41) is 3.25. The van der Waals surface area contributed by atoms with Crippen molar-refractivity contribution in [3.05, 3.63) is 29.1 Å². The molecule has 0 unspecified atom stereocenters. The van der Waals surface area contributed by atoms with Crippen LogP contribution in [0.3, 0.4) is 0 Å². The van der Waals surface area contributed by atoms with Crippen molar-refractivity contribution in [3.63, 3.8) is 0 Å². The van der Waals surface area contributed by atoms with E-state index in [2.05, 4.69) is 10.3 Å². The smallest absolute Gasteiger partial charge is 0.380 e. The average molecular weight is 288 g/mol. The molecule has 1 aromatic heterocycles. The lowest BCUT2D eigenvalue weighted by atomic mass is 10.0. The normalized spacial score (nSPS) is 19.8. The molecule has 1 aromatic rings. The molecule has 3 nitrogen and oxygen atoms in total. The van der Waals surface area contributed by atoms with E-state index in [9.17, 15) is 13.2 Å². The monoisotopic (exact) mass is 288 g/mol. The minimum absolute atomic E-state index is 0.111. The van der Waals surface area contributed by atoms with Crippen LogP contribution in [-0.4, -0.2) is 24.2 Å². The number of pyridine rings is 1. The summed E-state index contributed by atoms with van der Waals surface area (Å²) in [5.41, 5.74) is 0.105. The van der Waals surface area contributed by atoms with Gasteiger partial charge in [0.1, 0.15) is 0 Å². The van der Waals surface area contributed by atoms with Crippen molar-refractivity contribution in [1.29, 1.82) is 0 Å². The topological polar surface area (TPSA) is 34.2 Å². The van der Waals surface area contributed by atoms with Gasteiger partial charge >= 0.3 is 6.18 Å². The summed E-state index contributed by atoms with van der Waals surface area (Å²) in [6.07, 6.45) is -3.42. The summed E-state index contributed by atoms with van der Waals surface area (Å²) < 4.78 is 43.9. The first-order chi connectivity index (χ1) is 9.38. The third-order valence-electron chi connectivity index (χ3n) is 3.34. The number of hydrogen-bond donors (Lipinski definition) is 1. The fraction of sp³-hybridized carbons (Fsp3) is 0.643. The predicted molar refractivity (Wildman–Crippen MR) is 69.4 cm³/mol. The average Bonchev–Trinajstić information content (AvgIpc) is 2.88. The van der Waals surface area contributed by atoms with Gasteiger partial charge in [-0.05, 0) is 24.5 Å². The van der Waals surface area contributed by atoms with Crippen LogP contribution < -0.4 is 5.32 Å². The summed E-state index contributed by atoms with van der Waals surface area (Å²) in [4.78, 5) is 4.18. The van der Waals surface area contributed by atoms with Gasteiger partial charge in [0, 0.05) is 19.2 Å². The first-order valence-corrected chi connectivity index (χ1v) is 6.76. The van der Waals surface area contributed by atoms with Gasteiger partial charge in [-0.25, -0.2) is 0 Å². The Morgan fingerprint density at radius 3 is 2.70 bits per heavy atom. The van der Waals surface area contributed by atoms with E-state index in [-0.39, 0.29) is 17.7 Å². The Labute approximate surface area is 116 Å². The van der Waals surface area contributed by atoms with Gasteiger partial charge in [-0.15, -0.1) is 0 Å². The highest BCUT2D eigenvalue weighted by Gasteiger charge is 2.34. The first-order valence-electron chi connectivity index (χ1n) is 6.76. The zero-order chi connectivity index (χ0) is 14.8. The highest BCUT2D eigenvalue weighted by molar-refractivity contribution is 5.28. The predicted octanol–water partition coefficient (Wildman–Crippen LogP) is 3.10. The lowest BCUT2D eigenvalue weighted by molar-refractivity contribution is -0.138. The van der Waals surface area contributed by atoms with E-state index in [1.165, 1.54) is 6.07 Å². The van der Waals surface area contributed by atoms with Gasteiger partial charge in [0.25, 0.3) is 0 Å². The molecule has 1 saturated heterocycles. The maximum atomic E-state index is 12.9. The van der Waals surface area contributed by atoms with E-state index in [1.807, 2.05) is 0 Å². The molecule has 0 bridgehead atoms. The molecular weight excluding hydrogens is 269 g/mol. The Balaban J connectivity index is 2.12. The molecule has 1 aliphatic heterocycles. The van der Waals surface area contributed by atoms with Crippen molar-refractivity contribution in [2.45, 2.75) is 44.9 Å². The lowest BCUT2D eigenvalue weighted by Crippen LogP contribution is -2.29. The van der Waals surface area contributed by atoms with Gasteiger partial charge in [-0.2, -0.15) is 13.2 Å². The van der Waals surface area contributed by atoms with Gasteiger partial charge in [-0.3, -0.25) is 4.98 Å². The number of alkyl halides is 3. The van der Waals surface area contributed by atoms with Crippen molar-refractivity contribution in [1.82, 2.24) is 10.3 Å². The fourth-order valence-corrected chi connectivity index (χ4v) is 2.24. The lowest BCUT2D eigenvalue weighted by Gasteiger charge is -2.17. The van der Waals surface area contributed by atoms with Gasteiger partial charge in [0.15, 0.2) is 0 Å². The van der Waals surface area contributed by atoms with Crippen molar-refractivity contribution >= 4 is 0 Å². The molecule has 0 aliphatic carbocycles. The number of nitrogens with zero attached hydrogens (tertiary/aromatic N) is 1. The van der Waals surface area contributed by atoms with Crippen LogP contribution in [0.2, 0.25) is 0 Å². The van der Waals surface area contributed by atoms with Crippen molar-refractivity contribution in [2.75, 3.05) is 13.2 Å². The van der Waals surface area contributed by atoms with Crippen LogP contribution in [0, 0.1) is 0 Å². The molecular formula is C14H19F3N2O. The van der Waals surface area contributed by atoms with Crippen LogP contribution in [0.5, 0.6) is 0 Å². The Morgan fingerprint density at radius 2 is 2.15 bits per heavy atom. The second-order valence-electron chi connectivity index (χ2n) is 5.33. The van der Waals surface area contributed by atoms with Crippen LogP contribution >= 0.6 is 0 Å². The van der Waals surface area contributed by atoms with Gasteiger partial charge in [0.2, 0.25) is 0 Å². The minimum atomic E-state index is -4.35. The van der Waals surface area contributed by atoms with Crippen molar-refractivity contribution < 1.29 is 17.9 Å². The molecule has 112 valence electrons. The second kappa shape index (κ2) is 6.10. The van der Waals surface area contributed by atoms with E-state index in [0.29, 0.717) is 18.8 Å².